The molecule has 2 aliphatic heterocycles. The molecule has 0 unspecified atom stereocenters. The third-order valence-corrected chi connectivity index (χ3v) is 16.9. The Bertz CT molecular complexity index is 3210. The van der Waals surface area contributed by atoms with Crippen molar-refractivity contribution in [1.82, 2.24) is 61.8 Å². The molecule has 8 amide bonds. The van der Waals surface area contributed by atoms with Crippen molar-refractivity contribution in [2.24, 2.45) is 28.9 Å². The number of aromatic amines is 1. The van der Waals surface area contributed by atoms with E-state index in [-0.39, 0.29) is 54.0 Å². The molecule has 0 bridgehead atoms. The number of rotatable bonds is 33. The first-order valence-electron chi connectivity index (χ1n) is 28.4. The Hall–Kier alpha value is -7.30. The highest BCUT2D eigenvalue weighted by atomic mass is 32.2. The molecule has 0 radical (unpaired) electrons. The molecule has 19 atom stereocenters. The van der Waals surface area contributed by atoms with Crippen molar-refractivity contribution in [3.8, 4) is 10.7 Å². The number of carbonyl (C=O) groups excluding carboxylic acids is 8. The molecule has 6 rings (SSSR count). The Morgan fingerprint density at radius 3 is 2.11 bits per heavy atom. The molecule has 2 fully saturated rings. The first-order valence-corrected chi connectivity index (χ1v) is 31.6. The average molecular weight is 1370 g/mol. The number of primary amides is 3. The second-order valence-electron chi connectivity index (χ2n) is 21.5. The molecule has 6 heterocycles. The Balaban J connectivity index is 1.29. The molecule has 4 aromatic rings. The van der Waals surface area contributed by atoms with Crippen LogP contribution in [0.5, 0.6) is 0 Å². The number of nitrogen functional groups attached to an aromatic ring is 1. The van der Waals surface area contributed by atoms with Gasteiger partial charge in [-0.1, -0.05) is 6.92 Å². The van der Waals surface area contributed by atoms with Gasteiger partial charge in [-0.05, 0) is 27.0 Å². The lowest BCUT2D eigenvalue weighted by molar-refractivity contribution is -0.372. The number of amides is 8. The summed E-state index contributed by atoms with van der Waals surface area (Å²) in [6.07, 6.45) is -23.3. The summed E-state index contributed by atoms with van der Waals surface area (Å²) in [5.41, 5.74) is 28.0. The largest absolute Gasteiger partial charge is 0.441 e. The summed E-state index contributed by atoms with van der Waals surface area (Å²) in [4.78, 5) is 130. The SMILES string of the molecule is CSCNC(=O)c1csc(-c2csc(CCNC(=O)[C@@H](NC(=O)[C@@H](C)[C@H](O)[C@@H](C)NC(=O)[C@@H](NC(=O)c3nc([C@H](CC(N)=O)NC[C@H](N)C(N)=O)nc(N)c3C)[C@@H](O[C@@H]3O[C@@H](CO)[C@@H](O)[C@H](O)[C@@H]3O[C@H]3O[C@H](CO)[C@@H](O)[C@H](OC(N)=O)[C@@H]3O)c3cnc[nH]3)[C@@H](C)O)n2)n1. The van der Waals surface area contributed by atoms with Crippen LogP contribution >= 0.6 is 34.4 Å². The van der Waals surface area contributed by atoms with Crippen molar-refractivity contribution in [2.75, 3.05) is 44.2 Å². The fraction of sp³-hybridized carbons (Fsp3) is 0.596. The molecule has 41 heteroatoms. The number of thiazole rings is 2. The van der Waals surface area contributed by atoms with E-state index in [1.165, 1.54) is 62.1 Å². The van der Waals surface area contributed by atoms with Crippen molar-refractivity contribution in [2.45, 2.75) is 150 Å². The fourth-order valence-corrected chi connectivity index (χ4v) is 11.3. The number of imidazole rings is 1. The Morgan fingerprint density at radius 2 is 1.48 bits per heavy atom. The Labute approximate surface area is 541 Å². The van der Waals surface area contributed by atoms with Crippen molar-refractivity contribution >= 4 is 87.7 Å². The van der Waals surface area contributed by atoms with Gasteiger partial charge in [0.15, 0.2) is 18.7 Å². The fourth-order valence-electron chi connectivity index (χ4n) is 9.37. The summed E-state index contributed by atoms with van der Waals surface area (Å²) in [5, 5.41) is 108. The van der Waals surface area contributed by atoms with Gasteiger partial charge in [0, 0.05) is 42.3 Å². The van der Waals surface area contributed by atoms with E-state index in [0.29, 0.717) is 21.6 Å². The third kappa shape index (κ3) is 19.4. The number of nitrogens with two attached hydrogens (primary N) is 5. The van der Waals surface area contributed by atoms with Gasteiger partial charge < -0.3 is 130 Å². The van der Waals surface area contributed by atoms with Crippen LogP contribution in [0.1, 0.15) is 82.4 Å². The molecule has 0 spiro atoms. The van der Waals surface area contributed by atoms with Crippen LogP contribution in [-0.2, 0) is 54.1 Å². The summed E-state index contributed by atoms with van der Waals surface area (Å²) >= 11 is 3.93. The summed E-state index contributed by atoms with van der Waals surface area (Å²) in [7, 11) is 0. The number of H-pyrrole nitrogens is 1. The minimum atomic E-state index is -2.20. The molecule has 93 heavy (non-hydrogen) atoms. The van der Waals surface area contributed by atoms with E-state index in [9.17, 15) is 74.4 Å². The van der Waals surface area contributed by atoms with Gasteiger partial charge in [-0.2, -0.15) is 0 Å². The van der Waals surface area contributed by atoms with E-state index in [1.807, 2.05) is 6.26 Å². The molecule has 0 aliphatic carbocycles. The van der Waals surface area contributed by atoms with Crippen LogP contribution in [0.2, 0.25) is 0 Å². The van der Waals surface area contributed by atoms with Gasteiger partial charge in [-0.3, -0.25) is 33.6 Å². The molecular weight excluding hydrogens is 1290 g/mol. The molecular formula is C52H77N17O21S3. The van der Waals surface area contributed by atoms with Gasteiger partial charge in [-0.15, -0.1) is 34.4 Å². The third-order valence-electron chi connectivity index (χ3n) is 14.6. The van der Waals surface area contributed by atoms with Crippen LogP contribution in [0.25, 0.3) is 10.7 Å². The molecule has 25 N–H and O–H groups in total. The predicted octanol–water partition coefficient (Wildman–Crippen LogP) is -7.65. The van der Waals surface area contributed by atoms with Crippen LogP contribution < -0.4 is 60.6 Å². The van der Waals surface area contributed by atoms with Crippen molar-refractivity contribution in [3.05, 3.63) is 56.8 Å². The summed E-state index contributed by atoms with van der Waals surface area (Å²) in [6.45, 7) is 2.64. The quantitative estimate of drug-likeness (QED) is 0.0197. The maximum absolute atomic E-state index is 15.2. The monoisotopic (exact) mass is 1370 g/mol. The van der Waals surface area contributed by atoms with E-state index in [4.69, 9.17) is 52.4 Å². The van der Waals surface area contributed by atoms with E-state index in [0.717, 1.165) is 12.5 Å². The van der Waals surface area contributed by atoms with Crippen LogP contribution in [0.15, 0.2) is 23.3 Å². The van der Waals surface area contributed by atoms with E-state index in [1.54, 1.807) is 10.8 Å². The highest BCUT2D eigenvalue weighted by molar-refractivity contribution is 7.98. The van der Waals surface area contributed by atoms with E-state index < -0.39 is 183 Å². The van der Waals surface area contributed by atoms with Crippen molar-refractivity contribution < 1.29 is 103 Å². The zero-order valence-electron chi connectivity index (χ0n) is 50.5. The van der Waals surface area contributed by atoms with E-state index >= 15 is 4.79 Å². The first kappa shape index (κ1) is 74.7. The number of hydrogen-bond donors (Lipinski definition) is 20. The van der Waals surface area contributed by atoms with Crippen LogP contribution in [0.3, 0.4) is 0 Å². The zero-order valence-corrected chi connectivity index (χ0v) is 52.9. The smallest absolute Gasteiger partial charge is 0.404 e. The molecule has 2 saturated heterocycles. The number of ether oxygens (including phenoxy) is 5. The van der Waals surface area contributed by atoms with Crippen LogP contribution in [0, 0.1) is 12.8 Å². The number of nitrogens with one attached hydrogen (secondary N) is 7. The standard InChI is InChI=1S/C52H77N17O21S3/c1-17-30(66-43(69-41(17)55)22(8-28(54)73)60-9-21(53)42(56)79)47(83)68-32(38(23-10-58-15-61-23)88-51-40(36(77)34(75)26(11-70)87-51)89-50-37(78)39(90-52(57)85)35(76)27(12-71)86-50)48(84)63-19(3)33(74)18(2)44(80)67-31(20(4)72)46(82)59-7-6-29-64-25(14-92-29)49-65-24(13-93-49)45(81)62-16-91-5/h10,13-15,18-22,26-27,31-40,50-51,60,70-72,74-78H,6-9,11-12,16,53H2,1-5H3,(H2,54,73)(H2,56,79)(H2,57,85)(H,58,61)(H,59,82)(H,62,81)(H,63,84)(H,67,80)(H,68,83)(H2,55,66,69)/t18-,19+,20+,21-,22-,26-,27+,31-,32-,33-,34+,35+,36-,37-,38-,39-,40-,50+,51-/m0/s1. The van der Waals surface area contributed by atoms with Gasteiger partial charge >= 0.3 is 6.09 Å². The highest BCUT2D eigenvalue weighted by Gasteiger charge is 2.54. The average Bonchev–Trinajstić information content (AvgIpc) is 1.26. The normalized spacial score (nSPS) is 24.3. The Morgan fingerprint density at radius 1 is 0.796 bits per heavy atom. The minimum Gasteiger partial charge on any atom is -0.441 e. The molecule has 4 aromatic heterocycles. The molecule has 38 nitrogen and oxygen atoms in total. The van der Waals surface area contributed by atoms with Crippen LogP contribution in [0.4, 0.5) is 10.6 Å². The first-order chi connectivity index (χ1) is 44.0. The number of aliphatic hydroxyl groups excluding tert-OH is 8. The molecule has 0 aromatic carbocycles. The second kappa shape index (κ2) is 34.2. The molecule has 514 valence electrons. The Kier molecular flexibility index (Phi) is 27.5. The van der Waals surface area contributed by atoms with Crippen molar-refractivity contribution in [3.63, 3.8) is 0 Å². The second-order valence-corrected chi connectivity index (χ2v) is 24.1. The number of hydrogen-bond acceptors (Lipinski definition) is 32. The lowest BCUT2D eigenvalue weighted by atomic mass is 9.96. The molecule has 0 saturated carbocycles. The summed E-state index contributed by atoms with van der Waals surface area (Å²) in [6, 6.07) is -7.84. The number of thioether (sulfide) groups is 1. The summed E-state index contributed by atoms with van der Waals surface area (Å²) in [5.74, 6) is -8.33. The lowest BCUT2D eigenvalue weighted by Crippen LogP contribution is -2.65. The lowest BCUT2D eigenvalue weighted by Gasteiger charge is -2.47. The minimum absolute atomic E-state index is 0.00723. The summed E-state index contributed by atoms with van der Waals surface area (Å²) < 4.78 is 28.7. The van der Waals surface area contributed by atoms with Gasteiger partial charge in [0.1, 0.15) is 94.6 Å². The number of carbonyl (C=O) groups is 8. The number of nitrogens with zero attached hydrogens (tertiary/aromatic N) is 5. The maximum atomic E-state index is 15.2. The van der Waals surface area contributed by atoms with Gasteiger partial charge in [0.25, 0.3) is 11.8 Å². The van der Waals surface area contributed by atoms with E-state index in [2.05, 4.69) is 61.8 Å². The van der Waals surface area contributed by atoms with Gasteiger partial charge in [0.2, 0.25) is 29.5 Å². The van der Waals surface area contributed by atoms with Crippen molar-refractivity contribution in [1.29, 1.82) is 0 Å². The zero-order chi connectivity index (χ0) is 68.7. The molecule has 2 aliphatic rings. The number of aromatic nitrogens is 6. The van der Waals surface area contributed by atoms with Gasteiger partial charge in [0.05, 0.1) is 78.6 Å². The number of aliphatic hydroxyl groups is 8. The maximum Gasteiger partial charge on any atom is 0.404 e. The highest BCUT2D eigenvalue weighted by Crippen LogP contribution is 2.35. The number of anilines is 1. The van der Waals surface area contributed by atoms with Gasteiger partial charge in [-0.25, -0.2) is 29.7 Å². The topological polar surface area (TPSA) is 627 Å². The predicted molar refractivity (Wildman–Crippen MR) is 324 cm³/mol. The van der Waals surface area contributed by atoms with Crippen LogP contribution in [-0.4, -0.2) is 254 Å².